The monoisotopic (exact) mass is 497 g/mol. The van der Waals surface area contributed by atoms with E-state index in [2.05, 4.69) is 31.3 Å². The second kappa shape index (κ2) is 9.48. The van der Waals surface area contributed by atoms with E-state index in [-0.39, 0.29) is 17.9 Å². The standard InChI is InChI=1S/C20H19BrF3N5O2/c1-28(9-13-7-15(21)4-6-18(13)31-2)10-19(30)27-16-8-14(20(22,23)24)3-5-17(16)29-12-25-11-26-29/h3-8,11-12H,9-10H2,1-2H3,(H,27,30). The summed E-state index contributed by atoms with van der Waals surface area (Å²) >= 11 is 3.40. The van der Waals surface area contributed by atoms with Gasteiger partial charge in [-0.25, -0.2) is 9.67 Å². The number of alkyl halides is 3. The van der Waals surface area contributed by atoms with Gasteiger partial charge >= 0.3 is 6.18 Å². The Morgan fingerprint density at radius 2 is 2.03 bits per heavy atom. The molecule has 2 aromatic carbocycles. The number of carbonyl (C=O) groups excluding carboxylic acids is 1. The molecule has 0 saturated heterocycles. The predicted octanol–water partition coefficient (Wildman–Crippen LogP) is 4.13. The quantitative estimate of drug-likeness (QED) is 0.531. The van der Waals surface area contributed by atoms with Crippen LogP contribution in [0.5, 0.6) is 5.75 Å². The van der Waals surface area contributed by atoms with E-state index in [1.165, 1.54) is 23.4 Å². The first kappa shape index (κ1) is 22.8. The molecule has 0 atom stereocenters. The third-order valence-electron chi connectivity index (χ3n) is 4.36. The van der Waals surface area contributed by atoms with Gasteiger partial charge in [0, 0.05) is 16.6 Å². The number of aromatic nitrogens is 3. The predicted molar refractivity (Wildman–Crippen MR) is 112 cm³/mol. The molecule has 31 heavy (non-hydrogen) atoms. The lowest BCUT2D eigenvalue weighted by Crippen LogP contribution is -2.30. The number of ether oxygens (including phenoxy) is 1. The van der Waals surface area contributed by atoms with E-state index < -0.39 is 17.6 Å². The van der Waals surface area contributed by atoms with Gasteiger partial charge in [-0.05, 0) is 43.4 Å². The molecule has 0 aliphatic heterocycles. The first-order valence-electron chi connectivity index (χ1n) is 9.04. The van der Waals surface area contributed by atoms with Crippen LogP contribution in [0.2, 0.25) is 0 Å². The zero-order valence-corrected chi connectivity index (χ0v) is 18.2. The molecule has 0 spiro atoms. The summed E-state index contributed by atoms with van der Waals surface area (Å²) in [5.74, 6) is 0.193. The number of likely N-dealkylation sites (N-methyl/N-ethyl adjacent to an activating group) is 1. The average molecular weight is 498 g/mol. The van der Waals surface area contributed by atoms with Crippen molar-refractivity contribution < 1.29 is 22.7 Å². The van der Waals surface area contributed by atoms with Gasteiger partial charge in [0.2, 0.25) is 5.91 Å². The zero-order chi connectivity index (χ0) is 22.6. The highest BCUT2D eigenvalue weighted by Gasteiger charge is 2.31. The van der Waals surface area contributed by atoms with E-state index in [9.17, 15) is 18.0 Å². The second-order valence-electron chi connectivity index (χ2n) is 6.75. The van der Waals surface area contributed by atoms with Crippen LogP contribution in [0.1, 0.15) is 11.1 Å². The first-order valence-corrected chi connectivity index (χ1v) is 9.83. The van der Waals surface area contributed by atoms with Crippen molar-refractivity contribution in [1.82, 2.24) is 19.7 Å². The Bertz CT molecular complexity index is 1060. The molecule has 0 aliphatic rings. The largest absolute Gasteiger partial charge is 0.496 e. The number of amides is 1. The van der Waals surface area contributed by atoms with Gasteiger partial charge in [0.1, 0.15) is 18.4 Å². The van der Waals surface area contributed by atoms with Crippen LogP contribution in [0.25, 0.3) is 5.69 Å². The third-order valence-corrected chi connectivity index (χ3v) is 4.85. The smallest absolute Gasteiger partial charge is 0.416 e. The third kappa shape index (κ3) is 5.82. The molecule has 0 saturated carbocycles. The van der Waals surface area contributed by atoms with Crippen molar-refractivity contribution >= 4 is 27.5 Å². The van der Waals surface area contributed by atoms with Gasteiger partial charge in [-0.15, -0.1) is 0 Å². The molecule has 3 rings (SSSR count). The number of hydrogen-bond acceptors (Lipinski definition) is 5. The zero-order valence-electron chi connectivity index (χ0n) is 16.7. The number of anilines is 1. The van der Waals surface area contributed by atoms with Crippen LogP contribution in [0.15, 0.2) is 53.5 Å². The number of hydrogen-bond donors (Lipinski definition) is 1. The van der Waals surface area contributed by atoms with Crippen molar-refractivity contribution in [3.05, 3.63) is 64.7 Å². The van der Waals surface area contributed by atoms with Gasteiger partial charge in [0.15, 0.2) is 0 Å². The molecule has 11 heteroatoms. The van der Waals surface area contributed by atoms with Crippen LogP contribution >= 0.6 is 15.9 Å². The maximum atomic E-state index is 13.2. The minimum Gasteiger partial charge on any atom is -0.496 e. The van der Waals surface area contributed by atoms with Crippen molar-refractivity contribution in [3.8, 4) is 11.4 Å². The number of nitrogens with one attached hydrogen (secondary N) is 1. The van der Waals surface area contributed by atoms with Gasteiger partial charge in [-0.2, -0.15) is 18.3 Å². The summed E-state index contributed by atoms with van der Waals surface area (Å²) in [5.41, 5.74) is 0.238. The summed E-state index contributed by atoms with van der Waals surface area (Å²) in [6.45, 7) is 0.345. The molecule has 0 fully saturated rings. The number of halogens is 4. The summed E-state index contributed by atoms with van der Waals surface area (Å²) in [6, 6.07) is 8.57. The van der Waals surface area contributed by atoms with E-state index in [1.807, 2.05) is 12.1 Å². The van der Waals surface area contributed by atoms with Crippen molar-refractivity contribution in [1.29, 1.82) is 0 Å². The van der Waals surface area contributed by atoms with Gasteiger partial charge in [0.05, 0.1) is 30.6 Å². The number of methoxy groups -OCH3 is 1. The molecule has 1 heterocycles. The van der Waals surface area contributed by atoms with Gasteiger partial charge in [0.25, 0.3) is 0 Å². The van der Waals surface area contributed by atoms with Gasteiger partial charge in [-0.1, -0.05) is 15.9 Å². The molecule has 164 valence electrons. The highest BCUT2D eigenvalue weighted by molar-refractivity contribution is 9.10. The van der Waals surface area contributed by atoms with Crippen LogP contribution in [-0.4, -0.2) is 46.3 Å². The number of benzene rings is 2. The first-order chi connectivity index (χ1) is 14.7. The fourth-order valence-electron chi connectivity index (χ4n) is 3.00. The van der Waals surface area contributed by atoms with Crippen LogP contribution in [-0.2, 0) is 17.5 Å². The summed E-state index contributed by atoms with van der Waals surface area (Å²) in [4.78, 5) is 18.1. The minimum atomic E-state index is -4.55. The van der Waals surface area contributed by atoms with Crippen LogP contribution in [0, 0.1) is 0 Å². The van der Waals surface area contributed by atoms with Crippen molar-refractivity contribution in [2.24, 2.45) is 0 Å². The Morgan fingerprint density at radius 1 is 1.26 bits per heavy atom. The molecular formula is C20H19BrF3N5O2. The van der Waals surface area contributed by atoms with Crippen LogP contribution in [0.4, 0.5) is 18.9 Å². The maximum absolute atomic E-state index is 13.2. The van der Waals surface area contributed by atoms with E-state index in [1.54, 1.807) is 25.1 Å². The van der Waals surface area contributed by atoms with E-state index in [0.29, 0.717) is 12.3 Å². The maximum Gasteiger partial charge on any atom is 0.416 e. The molecule has 0 aliphatic carbocycles. The lowest BCUT2D eigenvalue weighted by atomic mass is 10.1. The molecule has 3 aromatic rings. The van der Waals surface area contributed by atoms with E-state index >= 15 is 0 Å². The lowest BCUT2D eigenvalue weighted by Gasteiger charge is -2.19. The fourth-order valence-corrected chi connectivity index (χ4v) is 3.41. The van der Waals surface area contributed by atoms with Gasteiger partial charge in [-0.3, -0.25) is 9.69 Å². The van der Waals surface area contributed by atoms with Crippen molar-refractivity contribution in [2.45, 2.75) is 12.7 Å². The van der Waals surface area contributed by atoms with Gasteiger partial charge < -0.3 is 10.1 Å². The highest BCUT2D eigenvalue weighted by atomic mass is 79.9. The number of rotatable bonds is 7. The Balaban J connectivity index is 1.77. The van der Waals surface area contributed by atoms with E-state index in [0.717, 1.165) is 22.2 Å². The Morgan fingerprint density at radius 3 is 2.68 bits per heavy atom. The Labute approximate surface area is 185 Å². The number of nitrogens with zero attached hydrogens (tertiary/aromatic N) is 4. The topological polar surface area (TPSA) is 72.3 Å². The average Bonchev–Trinajstić information content (AvgIpc) is 3.21. The van der Waals surface area contributed by atoms with Crippen molar-refractivity contribution in [3.63, 3.8) is 0 Å². The Kier molecular flexibility index (Phi) is 6.96. The summed E-state index contributed by atoms with van der Waals surface area (Å²) < 4.78 is 47.0. The summed E-state index contributed by atoms with van der Waals surface area (Å²) in [5, 5.41) is 6.49. The highest BCUT2D eigenvalue weighted by Crippen LogP contribution is 2.33. The molecule has 0 radical (unpaired) electrons. The molecule has 1 aromatic heterocycles. The molecular weight excluding hydrogens is 479 g/mol. The molecule has 1 N–H and O–H groups in total. The molecule has 7 nitrogen and oxygen atoms in total. The van der Waals surface area contributed by atoms with Crippen LogP contribution in [0.3, 0.4) is 0 Å². The van der Waals surface area contributed by atoms with Crippen molar-refractivity contribution in [2.75, 3.05) is 26.0 Å². The summed E-state index contributed by atoms with van der Waals surface area (Å²) in [7, 11) is 3.28. The fraction of sp³-hybridized carbons (Fsp3) is 0.250. The SMILES string of the molecule is COc1ccc(Br)cc1CN(C)CC(=O)Nc1cc(C(F)(F)F)ccc1-n1cncn1. The van der Waals surface area contributed by atoms with E-state index in [4.69, 9.17) is 4.74 Å². The Hall–Kier alpha value is -2.92. The molecule has 0 bridgehead atoms. The van der Waals surface area contributed by atoms with Crippen LogP contribution < -0.4 is 10.1 Å². The minimum absolute atomic E-state index is 0.0150. The lowest BCUT2D eigenvalue weighted by molar-refractivity contribution is -0.137. The summed E-state index contributed by atoms with van der Waals surface area (Å²) in [6.07, 6.45) is -1.96. The molecule has 0 unspecified atom stereocenters. The normalized spacial score (nSPS) is 11.6. The number of carbonyl (C=O) groups is 1. The molecule has 1 amide bonds. The second-order valence-corrected chi connectivity index (χ2v) is 7.66.